The van der Waals surface area contributed by atoms with Crippen molar-refractivity contribution in [3.8, 4) is 0 Å². The van der Waals surface area contributed by atoms with Crippen LogP contribution in [0.2, 0.25) is 0 Å². The lowest BCUT2D eigenvalue weighted by Gasteiger charge is -2.25. The number of benzene rings is 1. The molecule has 4 amide bonds. The number of carbonyl (C=O) groups is 5. The molecule has 0 radical (unpaired) electrons. The maximum absolute atomic E-state index is 13.0. The predicted octanol–water partition coefficient (Wildman–Crippen LogP) is -0.962. The minimum Gasteiger partial charge on any atom is -0.480 e. The van der Waals surface area contributed by atoms with Crippen molar-refractivity contribution < 1.29 is 29.1 Å². The molecule has 0 saturated heterocycles. The highest BCUT2D eigenvalue weighted by atomic mass is 16.4. The van der Waals surface area contributed by atoms with Crippen molar-refractivity contribution in [1.29, 1.82) is 0 Å². The zero-order valence-corrected chi connectivity index (χ0v) is 18.9. The standard InChI is InChI=1S/C22H33N5O6/c1-13(2)10-17(22(32)33)27-20(30)15(8-9-18(24)28)26-21(31)16(25-19(29)12-23)11-14-6-4-3-5-7-14/h3-7,13,15-17H,8-12,23H2,1-2H3,(H2,24,28)(H,25,29)(H,26,31)(H,27,30)(H,32,33). The molecule has 0 heterocycles. The van der Waals surface area contributed by atoms with Crippen molar-refractivity contribution in [2.24, 2.45) is 17.4 Å². The number of carboxylic acids is 1. The molecular weight excluding hydrogens is 430 g/mol. The van der Waals surface area contributed by atoms with Crippen molar-refractivity contribution in [2.75, 3.05) is 6.54 Å². The van der Waals surface area contributed by atoms with Crippen molar-refractivity contribution in [3.63, 3.8) is 0 Å². The first-order chi connectivity index (χ1) is 15.5. The Balaban J connectivity index is 3.04. The van der Waals surface area contributed by atoms with Crippen LogP contribution in [-0.2, 0) is 30.4 Å². The van der Waals surface area contributed by atoms with E-state index in [1.54, 1.807) is 30.3 Å². The fourth-order valence-corrected chi connectivity index (χ4v) is 3.11. The molecule has 0 spiro atoms. The van der Waals surface area contributed by atoms with E-state index in [2.05, 4.69) is 16.0 Å². The predicted molar refractivity (Wildman–Crippen MR) is 121 cm³/mol. The van der Waals surface area contributed by atoms with Crippen molar-refractivity contribution in [3.05, 3.63) is 35.9 Å². The molecule has 11 heteroatoms. The van der Waals surface area contributed by atoms with E-state index < -0.39 is 47.7 Å². The second-order valence-corrected chi connectivity index (χ2v) is 8.11. The maximum atomic E-state index is 13.0. The van der Waals surface area contributed by atoms with Gasteiger partial charge in [0.05, 0.1) is 6.54 Å². The van der Waals surface area contributed by atoms with E-state index in [1.807, 2.05) is 13.8 Å². The average molecular weight is 464 g/mol. The Morgan fingerprint density at radius 2 is 1.48 bits per heavy atom. The van der Waals surface area contributed by atoms with Crippen LogP contribution in [-0.4, -0.2) is 59.4 Å². The normalized spacial score (nSPS) is 13.5. The molecule has 0 fully saturated rings. The summed E-state index contributed by atoms with van der Waals surface area (Å²) in [5, 5.41) is 16.8. The lowest BCUT2D eigenvalue weighted by molar-refractivity contribution is -0.143. The first kappa shape index (κ1) is 27.6. The molecule has 0 aliphatic rings. The molecular formula is C22H33N5O6. The number of hydrogen-bond acceptors (Lipinski definition) is 6. The van der Waals surface area contributed by atoms with Gasteiger partial charge in [-0.25, -0.2) is 4.79 Å². The van der Waals surface area contributed by atoms with E-state index in [4.69, 9.17) is 11.5 Å². The second-order valence-electron chi connectivity index (χ2n) is 8.11. The molecule has 0 aromatic heterocycles. The van der Waals surface area contributed by atoms with Gasteiger partial charge in [-0.2, -0.15) is 0 Å². The molecule has 1 aromatic rings. The second kappa shape index (κ2) is 13.8. The summed E-state index contributed by atoms with van der Waals surface area (Å²) in [5.74, 6) is -3.91. The average Bonchev–Trinajstić information content (AvgIpc) is 2.75. The van der Waals surface area contributed by atoms with Gasteiger partial charge in [0.15, 0.2) is 0 Å². The summed E-state index contributed by atoms with van der Waals surface area (Å²) in [6.45, 7) is 3.28. The first-order valence-corrected chi connectivity index (χ1v) is 10.7. The van der Waals surface area contributed by atoms with E-state index in [0.717, 1.165) is 5.56 Å². The Kier molecular flexibility index (Phi) is 11.6. The Morgan fingerprint density at radius 3 is 2.00 bits per heavy atom. The summed E-state index contributed by atoms with van der Waals surface area (Å²) < 4.78 is 0. The van der Waals surface area contributed by atoms with Crippen LogP contribution in [0.15, 0.2) is 30.3 Å². The van der Waals surface area contributed by atoms with E-state index >= 15 is 0 Å². The molecule has 8 N–H and O–H groups in total. The topological polar surface area (TPSA) is 194 Å². The van der Waals surface area contributed by atoms with E-state index in [0.29, 0.717) is 0 Å². The number of rotatable bonds is 14. The zero-order valence-electron chi connectivity index (χ0n) is 18.9. The van der Waals surface area contributed by atoms with Gasteiger partial charge in [0.25, 0.3) is 0 Å². The highest BCUT2D eigenvalue weighted by molar-refractivity contribution is 5.94. The van der Waals surface area contributed by atoms with Crippen LogP contribution in [0, 0.1) is 5.92 Å². The lowest BCUT2D eigenvalue weighted by Crippen LogP contribution is -2.56. The number of primary amides is 1. The van der Waals surface area contributed by atoms with Gasteiger partial charge in [-0.05, 0) is 24.3 Å². The van der Waals surface area contributed by atoms with E-state index in [1.165, 1.54) is 0 Å². The summed E-state index contributed by atoms with van der Waals surface area (Å²) in [7, 11) is 0. The number of carboxylic acid groups (broad SMARTS) is 1. The molecule has 0 aliphatic carbocycles. The molecule has 0 saturated carbocycles. The highest BCUT2D eigenvalue weighted by Crippen LogP contribution is 2.08. The molecule has 3 unspecified atom stereocenters. The molecule has 1 rings (SSSR count). The molecule has 11 nitrogen and oxygen atoms in total. The fraction of sp³-hybridized carbons (Fsp3) is 0.500. The Morgan fingerprint density at radius 1 is 0.909 bits per heavy atom. The minimum atomic E-state index is -1.23. The summed E-state index contributed by atoms with van der Waals surface area (Å²) in [6, 6.07) is 5.47. The number of carbonyl (C=O) groups excluding carboxylic acids is 4. The smallest absolute Gasteiger partial charge is 0.326 e. The van der Waals surface area contributed by atoms with Gasteiger partial charge < -0.3 is 32.5 Å². The fourth-order valence-electron chi connectivity index (χ4n) is 3.11. The zero-order chi connectivity index (χ0) is 25.0. The first-order valence-electron chi connectivity index (χ1n) is 10.7. The van der Waals surface area contributed by atoms with Crippen LogP contribution in [0.3, 0.4) is 0 Å². The van der Waals surface area contributed by atoms with Crippen LogP contribution in [0.5, 0.6) is 0 Å². The Bertz CT molecular complexity index is 830. The van der Waals surface area contributed by atoms with Crippen molar-refractivity contribution >= 4 is 29.6 Å². The summed E-state index contributed by atoms with van der Waals surface area (Å²) in [4.78, 5) is 60.4. The molecule has 0 aliphatic heterocycles. The van der Waals surface area contributed by atoms with Crippen molar-refractivity contribution in [2.45, 2.75) is 57.7 Å². The van der Waals surface area contributed by atoms with Gasteiger partial charge in [0, 0.05) is 12.8 Å². The van der Waals surface area contributed by atoms with Crippen LogP contribution in [0.25, 0.3) is 0 Å². The van der Waals surface area contributed by atoms with Gasteiger partial charge >= 0.3 is 5.97 Å². The quantitative estimate of drug-likeness (QED) is 0.204. The monoisotopic (exact) mass is 463 g/mol. The number of nitrogens with two attached hydrogens (primary N) is 2. The molecule has 0 bridgehead atoms. The number of nitrogens with one attached hydrogen (secondary N) is 3. The summed E-state index contributed by atoms with van der Waals surface area (Å²) in [5.41, 5.74) is 11.3. The lowest BCUT2D eigenvalue weighted by atomic mass is 10.0. The third kappa shape index (κ3) is 10.6. The SMILES string of the molecule is CC(C)CC(NC(=O)C(CCC(N)=O)NC(=O)C(Cc1ccccc1)NC(=O)CN)C(=O)O. The summed E-state index contributed by atoms with van der Waals surface area (Å²) >= 11 is 0. The molecule has 1 aromatic carbocycles. The van der Waals surface area contributed by atoms with Gasteiger partial charge in [-0.15, -0.1) is 0 Å². The maximum Gasteiger partial charge on any atom is 0.326 e. The van der Waals surface area contributed by atoms with Gasteiger partial charge in [-0.3, -0.25) is 19.2 Å². The third-order valence-corrected chi connectivity index (χ3v) is 4.75. The summed E-state index contributed by atoms with van der Waals surface area (Å²) in [6.07, 6.45) is -0.0307. The highest BCUT2D eigenvalue weighted by Gasteiger charge is 2.30. The van der Waals surface area contributed by atoms with Crippen LogP contribution in [0.1, 0.15) is 38.7 Å². The Hall–Kier alpha value is -3.47. The van der Waals surface area contributed by atoms with Crippen molar-refractivity contribution in [1.82, 2.24) is 16.0 Å². The molecule has 3 atom stereocenters. The van der Waals surface area contributed by atoms with Crippen LogP contribution < -0.4 is 27.4 Å². The van der Waals surface area contributed by atoms with Gasteiger partial charge in [0.1, 0.15) is 18.1 Å². The van der Waals surface area contributed by atoms with Crippen LogP contribution in [0.4, 0.5) is 0 Å². The van der Waals surface area contributed by atoms with Crippen LogP contribution >= 0.6 is 0 Å². The largest absolute Gasteiger partial charge is 0.480 e. The Labute approximate surface area is 192 Å². The molecule has 182 valence electrons. The number of hydrogen-bond donors (Lipinski definition) is 6. The molecule has 33 heavy (non-hydrogen) atoms. The number of aliphatic carboxylic acids is 1. The van der Waals surface area contributed by atoms with Gasteiger partial charge in [-0.1, -0.05) is 44.2 Å². The number of amides is 4. The van der Waals surface area contributed by atoms with E-state index in [9.17, 15) is 29.1 Å². The minimum absolute atomic E-state index is 0.00760. The van der Waals surface area contributed by atoms with Gasteiger partial charge in [0.2, 0.25) is 23.6 Å². The third-order valence-electron chi connectivity index (χ3n) is 4.75. The van der Waals surface area contributed by atoms with E-state index in [-0.39, 0.29) is 38.1 Å².